The maximum absolute atomic E-state index is 12.6. The van der Waals surface area contributed by atoms with Crippen LogP contribution in [-0.4, -0.2) is 41.5 Å². The van der Waals surface area contributed by atoms with Crippen molar-refractivity contribution in [3.63, 3.8) is 0 Å². The van der Waals surface area contributed by atoms with Crippen LogP contribution in [0.15, 0.2) is 48.5 Å². The van der Waals surface area contributed by atoms with Crippen molar-refractivity contribution in [2.24, 2.45) is 0 Å². The molecule has 0 heterocycles. The van der Waals surface area contributed by atoms with Gasteiger partial charge in [-0.1, -0.05) is 25.1 Å². The zero-order valence-electron chi connectivity index (χ0n) is 17.0. The molecular weight excluding hydrogens is 386 g/mol. The van der Waals surface area contributed by atoms with Crippen molar-refractivity contribution in [3.8, 4) is 5.75 Å². The Morgan fingerprint density at radius 3 is 2.45 bits per heavy atom. The van der Waals surface area contributed by atoms with E-state index in [0.29, 0.717) is 42.3 Å². The number of hydrogen-bond acceptors (Lipinski definition) is 4. The SMILES string of the molecule is CCCOc1ccccc1C(=O)NC(=S)Nc1cccc(C(=O)N(CC)CC)c1. The van der Waals surface area contributed by atoms with Crippen LogP contribution in [0.3, 0.4) is 0 Å². The molecule has 0 aromatic heterocycles. The molecule has 2 rings (SSSR count). The standard InChI is InChI=1S/C22H27N3O3S/c1-4-14-28-19-13-8-7-12-18(19)20(26)24-22(29)23-17-11-9-10-16(15-17)21(27)25(5-2)6-3/h7-13,15H,4-6,14H2,1-3H3,(H2,23,24,26,29). The van der Waals surface area contributed by atoms with Gasteiger partial charge < -0.3 is 15.0 Å². The summed E-state index contributed by atoms with van der Waals surface area (Å²) in [6, 6.07) is 14.1. The summed E-state index contributed by atoms with van der Waals surface area (Å²) in [7, 11) is 0. The van der Waals surface area contributed by atoms with Gasteiger partial charge in [0.15, 0.2) is 5.11 Å². The van der Waals surface area contributed by atoms with Crippen LogP contribution in [-0.2, 0) is 0 Å². The monoisotopic (exact) mass is 413 g/mol. The Kier molecular flexibility index (Phi) is 8.61. The fourth-order valence-corrected chi connectivity index (χ4v) is 2.96. The Bertz CT molecular complexity index is 866. The van der Waals surface area contributed by atoms with E-state index in [1.165, 1.54) is 0 Å². The van der Waals surface area contributed by atoms with Crippen molar-refractivity contribution in [2.75, 3.05) is 25.0 Å². The van der Waals surface area contributed by atoms with Gasteiger partial charge in [-0.2, -0.15) is 0 Å². The molecule has 0 spiro atoms. The van der Waals surface area contributed by atoms with Crippen molar-refractivity contribution < 1.29 is 14.3 Å². The molecule has 6 nitrogen and oxygen atoms in total. The normalized spacial score (nSPS) is 10.2. The lowest BCUT2D eigenvalue weighted by Gasteiger charge is -2.19. The van der Waals surface area contributed by atoms with E-state index in [2.05, 4.69) is 10.6 Å². The highest BCUT2D eigenvalue weighted by atomic mass is 32.1. The number of nitrogens with zero attached hydrogens (tertiary/aromatic N) is 1. The minimum Gasteiger partial charge on any atom is -0.493 e. The first-order valence-electron chi connectivity index (χ1n) is 9.73. The van der Waals surface area contributed by atoms with Crippen LogP contribution in [0.1, 0.15) is 47.9 Å². The molecule has 29 heavy (non-hydrogen) atoms. The summed E-state index contributed by atoms with van der Waals surface area (Å²) in [5.74, 6) is 0.113. The number of carbonyl (C=O) groups excluding carboxylic acids is 2. The largest absolute Gasteiger partial charge is 0.493 e. The Labute approximate surface area is 177 Å². The molecule has 0 bridgehead atoms. The molecule has 7 heteroatoms. The van der Waals surface area contributed by atoms with Gasteiger partial charge in [0.25, 0.3) is 11.8 Å². The number of nitrogens with one attached hydrogen (secondary N) is 2. The molecule has 2 N–H and O–H groups in total. The molecule has 0 atom stereocenters. The van der Waals surface area contributed by atoms with E-state index in [0.717, 1.165) is 6.42 Å². The number of rotatable bonds is 8. The smallest absolute Gasteiger partial charge is 0.261 e. The maximum Gasteiger partial charge on any atom is 0.261 e. The average molecular weight is 414 g/mol. The molecule has 2 aromatic rings. The second-order valence-corrected chi connectivity index (χ2v) is 6.72. The minimum absolute atomic E-state index is 0.0457. The van der Waals surface area contributed by atoms with Gasteiger partial charge in [-0.05, 0) is 62.8 Å². The average Bonchev–Trinajstić information content (AvgIpc) is 2.73. The number of thiocarbonyl (C=S) groups is 1. The molecule has 0 saturated carbocycles. The molecule has 0 aliphatic rings. The molecule has 2 amide bonds. The molecule has 0 radical (unpaired) electrons. The van der Waals surface area contributed by atoms with Crippen molar-refractivity contribution in [2.45, 2.75) is 27.2 Å². The molecule has 0 fully saturated rings. The molecule has 0 unspecified atom stereocenters. The van der Waals surface area contributed by atoms with E-state index < -0.39 is 0 Å². The van der Waals surface area contributed by atoms with Crippen LogP contribution in [0.5, 0.6) is 5.75 Å². The lowest BCUT2D eigenvalue weighted by molar-refractivity contribution is 0.0772. The lowest BCUT2D eigenvalue weighted by Crippen LogP contribution is -2.34. The van der Waals surface area contributed by atoms with E-state index >= 15 is 0 Å². The third-order valence-corrected chi connectivity index (χ3v) is 4.44. The summed E-state index contributed by atoms with van der Waals surface area (Å²) in [4.78, 5) is 26.8. The Morgan fingerprint density at radius 2 is 1.76 bits per heavy atom. The molecule has 0 aliphatic heterocycles. The summed E-state index contributed by atoms with van der Waals surface area (Å²) < 4.78 is 5.63. The predicted octanol–water partition coefficient (Wildman–Crippen LogP) is 4.08. The van der Waals surface area contributed by atoms with Crippen LogP contribution in [0.4, 0.5) is 5.69 Å². The molecule has 2 aromatic carbocycles. The third kappa shape index (κ3) is 6.29. The number of ether oxygens (including phenoxy) is 1. The number of anilines is 1. The summed E-state index contributed by atoms with van der Waals surface area (Å²) in [6.45, 7) is 7.69. The van der Waals surface area contributed by atoms with Crippen LogP contribution in [0.25, 0.3) is 0 Å². The first-order chi connectivity index (χ1) is 14.0. The van der Waals surface area contributed by atoms with Gasteiger partial charge in [-0.25, -0.2) is 0 Å². The zero-order chi connectivity index (χ0) is 21.2. The molecular formula is C22H27N3O3S. The summed E-state index contributed by atoms with van der Waals surface area (Å²) in [5, 5.41) is 5.77. The minimum atomic E-state index is -0.357. The van der Waals surface area contributed by atoms with E-state index in [-0.39, 0.29) is 16.9 Å². The van der Waals surface area contributed by atoms with Gasteiger partial charge >= 0.3 is 0 Å². The van der Waals surface area contributed by atoms with Gasteiger partial charge in [0, 0.05) is 24.3 Å². The number of amides is 2. The second-order valence-electron chi connectivity index (χ2n) is 6.31. The Hall–Kier alpha value is -2.93. The van der Waals surface area contributed by atoms with Gasteiger partial charge in [-0.15, -0.1) is 0 Å². The molecule has 0 aliphatic carbocycles. The van der Waals surface area contributed by atoms with Gasteiger partial charge in [-0.3, -0.25) is 14.9 Å². The second kappa shape index (κ2) is 11.2. The highest BCUT2D eigenvalue weighted by Crippen LogP contribution is 2.18. The topological polar surface area (TPSA) is 70.7 Å². The first-order valence-corrected chi connectivity index (χ1v) is 10.1. The van der Waals surface area contributed by atoms with Crippen molar-refractivity contribution in [3.05, 3.63) is 59.7 Å². The fraction of sp³-hybridized carbons (Fsp3) is 0.318. The zero-order valence-corrected chi connectivity index (χ0v) is 17.8. The number of benzene rings is 2. The number of carbonyl (C=O) groups is 2. The van der Waals surface area contributed by atoms with E-state index in [1.54, 1.807) is 47.4 Å². The van der Waals surface area contributed by atoms with Crippen LogP contribution in [0, 0.1) is 0 Å². The maximum atomic E-state index is 12.6. The van der Waals surface area contributed by atoms with Gasteiger partial charge in [0.05, 0.1) is 12.2 Å². The number of para-hydroxylation sites is 1. The van der Waals surface area contributed by atoms with Crippen molar-refractivity contribution in [1.82, 2.24) is 10.2 Å². The predicted molar refractivity (Wildman–Crippen MR) is 120 cm³/mol. The van der Waals surface area contributed by atoms with E-state index in [9.17, 15) is 9.59 Å². The van der Waals surface area contributed by atoms with Crippen molar-refractivity contribution in [1.29, 1.82) is 0 Å². The van der Waals surface area contributed by atoms with Crippen molar-refractivity contribution >= 4 is 34.8 Å². The van der Waals surface area contributed by atoms with Crippen LogP contribution >= 0.6 is 12.2 Å². The molecule has 154 valence electrons. The quantitative estimate of drug-likeness (QED) is 0.638. The van der Waals surface area contributed by atoms with E-state index in [1.807, 2.05) is 26.8 Å². The summed E-state index contributed by atoms with van der Waals surface area (Å²) in [5.41, 5.74) is 1.60. The molecule has 0 saturated heterocycles. The summed E-state index contributed by atoms with van der Waals surface area (Å²) in [6.07, 6.45) is 0.846. The highest BCUT2D eigenvalue weighted by molar-refractivity contribution is 7.80. The van der Waals surface area contributed by atoms with E-state index in [4.69, 9.17) is 17.0 Å². The van der Waals surface area contributed by atoms with Gasteiger partial charge in [0.2, 0.25) is 0 Å². The number of hydrogen-bond donors (Lipinski definition) is 2. The summed E-state index contributed by atoms with van der Waals surface area (Å²) >= 11 is 5.27. The van der Waals surface area contributed by atoms with Crippen LogP contribution < -0.4 is 15.4 Å². The first kappa shape index (κ1) is 22.4. The third-order valence-electron chi connectivity index (χ3n) is 4.24. The lowest BCUT2D eigenvalue weighted by atomic mass is 10.1. The van der Waals surface area contributed by atoms with Crippen LogP contribution in [0.2, 0.25) is 0 Å². The Morgan fingerprint density at radius 1 is 1.03 bits per heavy atom. The fourth-order valence-electron chi connectivity index (χ4n) is 2.75. The Balaban J connectivity index is 2.05. The van der Waals surface area contributed by atoms with Gasteiger partial charge in [0.1, 0.15) is 5.75 Å². The highest BCUT2D eigenvalue weighted by Gasteiger charge is 2.15.